The second-order valence-electron chi connectivity index (χ2n) is 6.29. The van der Waals surface area contributed by atoms with Crippen molar-refractivity contribution >= 4 is 0 Å². The third-order valence-corrected chi connectivity index (χ3v) is 3.82. The van der Waals surface area contributed by atoms with Gasteiger partial charge in [0.25, 0.3) is 0 Å². The summed E-state index contributed by atoms with van der Waals surface area (Å²) in [5.41, 5.74) is 0. The average Bonchev–Trinajstić information content (AvgIpc) is 2.23. The van der Waals surface area contributed by atoms with Crippen LogP contribution in [0, 0.1) is 0 Å². The van der Waals surface area contributed by atoms with Gasteiger partial charge in [0.15, 0.2) is 0 Å². The van der Waals surface area contributed by atoms with Crippen molar-refractivity contribution in [2.75, 3.05) is 40.3 Å². The summed E-state index contributed by atoms with van der Waals surface area (Å²) in [5.74, 6) is 0. The van der Waals surface area contributed by atoms with E-state index in [0.29, 0.717) is 24.2 Å². The summed E-state index contributed by atoms with van der Waals surface area (Å²) in [7, 11) is 4.36. The van der Waals surface area contributed by atoms with Crippen molar-refractivity contribution in [3.63, 3.8) is 0 Å². The Labute approximate surface area is 113 Å². The molecule has 0 aromatic rings. The molecule has 0 aromatic heterocycles. The standard InChI is InChI=1S/2C7H16N2/c1-6-5-9(3)7(2)4-8-6;1-6-4-9(3)5-7(2)8-6/h2*6-8H,4-5H2,1-3H3. The SMILES string of the molecule is CC1CN(C)C(C)CN1.CC1CN(C)CC(C)N1. The van der Waals surface area contributed by atoms with E-state index >= 15 is 0 Å². The van der Waals surface area contributed by atoms with Gasteiger partial charge in [-0.15, -0.1) is 0 Å². The maximum Gasteiger partial charge on any atom is 0.0190 e. The molecule has 0 bridgehead atoms. The lowest BCUT2D eigenvalue weighted by Gasteiger charge is -2.34. The van der Waals surface area contributed by atoms with Gasteiger partial charge in [0.05, 0.1) is 0 Å². The van der Waals surface area contributed by atoms with Gasteiger partial charge < -0.3 is 20.4 Å². The van der Waals surface area contributed by atoms with Crippen LogP contribution in [-0.2, 0) is 0 Å². The van der Waals surface area contributed by atoms with E-state index in [0.717, 1.165) is 6.54 Å². The molecular weight excluding hydrogens is 224 g/mol. The normalized spacial score (nSPS) is 39.0. The number of hydrogen-bond acceptors (Lipinski definition) is 4. The zero-order chi connectivity index (χ0) is 13.7. The van der Waals surface area contributed by atoms with Gasteiger partial charge in [-0.2, -0.15) is 0 Å². The Balaban J connectivity index is 0.000000180. The molecule has 2 aliphatic heterocycles. The second-order valence-corrected chi connectivity index (χ2v) is 6.29. The number of rotatable bonds is 0. The van der Waals surface area contributed by atoms with Gasteiger partial charge in [0, 0.05) is 50.3 Å². The van der Waals surface area contributed by atoms with Crippen molar-refractivity contribution in [3.05, 3.63) is 0 Å². The Morgan fingerprint density at radius 1 is 0.833 bits per heavy atom. The van der Waals surface area contributed by atoms with E-state index in [-0.39, 0.29) is 0 Å². The second kappa shape index (κ2) is 7.43. The van der Waals surface area contributed by atoms with E-state index in [4.69, 9.17) is 0 Å². The maximum atomic E-state index is 3.47. The molecule has 2 saturated heterocycles. The molecule has 0 aromatic carbocycles. The van der Waals surface area contributed by atoms with Gasteiger partial charge in [-0.3, -0.25) is 0 Å². The lowest BCUT2D eigenvalue weighted by molar-refractivity contribution is 0.182. The van der Waals surface area contributed by atoms with Gasteiger partial charge >= 0.3 is 0 Å². The number of likely N-dealkylation sites (N-methyl/N-ethyl adjacent to an activating group) is 2. The van der Waals surface area contributed by atoms with Gasteiger partial charge in [0.1, 0.15) is 0 Å². The molecule has 108 valence electrons. The van der Waals surface area contributed by atoms with Crippen molar-refractivity contribution in [2.45, 2.75) is 51.9 Å². The summed E-state index contributed by atoms with van der Waals surface area (Å²) in [6.45, 7) is 13.6. The Morgan fingerprint density at radius 3 is 1.78 bits per heavy atom. The van der Waals surface area contributed by atoms with E-state index < -0.39 is 0 Å². The molecule has 4 unspecified atom stereocenters. The smallest absolute Gasteiger partial charge is 0.0190 e. The highest BCUT2D eigenvalue weighted by atomic mass is 15.2. The van der Waals surface area contributed by atoms with E-state index in [9.17, 15) is 0 Å². The first-order valence-electron chi connectivity index (χ1n) is 7.26. The Morgan fingerprint density at radius 2 is 1.39 bits per heavy atom. The van der Waals surface area contributed by atoms with Crippen LogP contribution >= 0.6 is 0 Å². The molecule has 4 heteroatoms. The molecule has 2 rings (SSSR count). The lowest BCUT2D eigenvalue weighted by Crippen LogP contribution is -2.52. The summed E-state index contributed by atoms with van der Waals surface area (Å²) >= 11 is 0. The zero-order valence-electron chi connectivity index (χ0n) is 13.0. The predicted molar refractivity (Wildman–Crippen MR) is 79.1 cm³/mol. The van der Waals surface area contributed by atoms with E-state index in [1.165, 1.54) is 19.6 Å². The molecule has 4 nitrogen and oxygen atoms in total. The monoisotopic (exact) mass is 256 g/mol. The molecule has 0 radical (unpaired) electrons. The summed E-state index contributed by atoms with van der Waals surface area (Å²) < 4.78 is 0. The largest absolute Gasteiger partial charge is 0.311 e. The Bertz CT molecular complexity index is 209. The van der Waals surface area contributed by atoms with Crippen LogP contribution in [0.4, 0.5) is 0 Å². The first-order valence-corrected chi connectivity index (χ1v) is 7.26. The van der Waals surface area contributed by atoms with Gasteiger partial charge in [-0.05, 0) is 41.8 Å². The number of nitrogens with one attached hydrogen (secondary N) is 2. The van der Waals surface area contributed by atoms with Crippen LogP contribution in [0.5, 0.6) is 0 Å². The van der Waals surface area contributed by atoms with E-state index in [2.05, 4.69) is 62.2 Å². The highest BCUT2D eigenvalue weighted by Crippen LogP contribution is 2.01. The molecule has 0 aliphatic carbocycles. The van der Waals surface area contributed by atoms with E-state index in [1.807, 2.05) is 0 Å². The van der Waals surface area contributed by atoms with Gasteiger partial charge in [0.2, 0.25) is 0 Å². The Hall–Kier alpha value is -0.160. The highest BCUT2D eigenvalue weighted by molar-refractivity contribution is 4.79. The van der Waals surface area contributed by atoms with Crippen LogP contribution < -0.4 is 10.6 Å². The van der Waals surface area contributed by atoms with E-state index in [1.54, 1.807) is 0 Å². The fraction of sp³-hybridized carbons (Fsp3) is 1.00. The van der Waals surface area contributed by atoms with Gasteiger partial charge in [-0.25, -0.2) is 0 Å². The summed E-state index contributed by atoms with van der Waals surface area (Å²) in [6, 6.07) is 2.71. The summed E-state index contributed by atoms with van der Waals surface area (Å²) in [4.78, 5) is 4.76. The van der Waals surface area contributed by atoms with Crippen LogP contribution in [-0.4, -0.2) is 74.2 Å². The first-order chi connectivity index (χ1) is 8.38. The van der Waals surface area contributed by atoms with Gasteiger partial charge in [-0.1, -0.05) is 0 Å². The molecule has 2 fully saturated rings. The highest BCUT2D eigenvalue weighted by Gasteiger charge is 2.18. The predicted octanol–water partition coefficient (Wildman–Crippen LogP) is 0.597. The van der Waals surface area contributed by atoms with Crippen molar-refractivity contribution in [1.82, 2.24) is 20.4 Å². The van der Waals surface area contributed by atoms with Crippen LogP contribution in [0.25, 0.3) is 0 Å². The fourth-order valence-corrected chi connectivity index (χ4v) is 2.80. The molecule has 2 aliphatic rings. The minimum atomic E-state index is 0.666. The van der Waals surface area contributed by atoms with Crippen LogP contribution in [0.1, 0.15) is 27.7 Å². The molecular formula is C14H32N4. The van der Waals surface area contributed by atoms with Crippen molar-refractivity contribution in [1.29, 1.82) is 0 Å². The van der Waals surface area contributed by atoms with Crippen LogP contribution in [0.15, 0.2) is 0 Å². The number of hydrogen-bond donors (Lipinski definition) is 2. The maximum absolute atomic E-state index is 3.47. The lowest BCUT2D eigenvalue weighted by atomic mass is 10.2. The van der Waals surface area contributed by atoms with Crippen molar-refractivity contribution in [3.8, 4) is 0 Å². The minimum absolute atomic E-state index is 0.666. The summed E-state index contributed by atoms with van der Waals surface area (Å²) in [5, 5.41) is 6.89. The number of piperazine rings is 2. The fourth-order valence-electron chi connectivity index (χ4n) is 2.80. The third kappa shape index (κ3) is 5.65. The quantitative estimate of drug-likeness (QED) is 0.664. The van der Waals surface area contributed by atoms with Crippen molar-refractivity contribution < 1.29 is 0 Å². The van der Waals surface area contributed by atoms with Crippen LogP contribution in [0.2, 0.25) is 0 Å². The topological polar surface area (TPSA) is 30.5 Å². The molecule has 2 N–H and O–H groups in total. The molecule has 0 amide bonds. The first kappa shape index (κ1) is 15.9. The van der Waals surface area contributed by atoms with Crippen molar-refractivity contribution in [2.24, 2.45) is 0 Å². The molecule has 2 heterocycles. The number of nitrogens with zero attached hydrogens (tertiary/aromatic N) is 2. The van der Waals surface area contributed by atoms with Crippen LogP contribution in [0.3, 0.4) is 0 Å². The zero-order valence-corrected chi connectivity index (χ0v) is 13.0. The average molecular weight is 256 g/mol. The molecule has 0 spiro atoms. The minimum Gasteiger partial charge on any atom is -0.311 e. The molecule has 0 saturated carbocycles. The molecule has 4 atom stereocenters. The summed E-state index contributed by atoms with van der Waals surface area (Å²) in [6.07, 6.45) is 0. The molecule has 18 heavy (non-hydrogen) atoms. The Kier molecular flexibility index (Phi) is 6.57. The third-order valence-electron chi connectivity index (χ3n) is 3.82.